The first-order valence-corrected chi connectivity index (χ1v) is 8.13. The maximum absolute atomic E-state index is 14.8. The molecule has 2 aromatic rings. The average Bonchev–Trinajstić information content (AvgIpc) is 3.08. The first-order valence-electron chi connectivity index (χ1n) is 8.13. The van der Waals surface area contributed by atoms with Gasteiger partial charge < -0.3 is 19.1 Å². The first-order chi connectivity index (χ1) is 11.8. The number of anilines is 1. The number of hydrogen-bond acceptors (Lipinski definition) is 6. The van der Waals surface area contributed by atoms with Gasteiger partial charge in [-0.2, -0.15) is 4.98 Å². The Hall–Kier alpha value is -2.64. The van der Waals surface area contributed by atoms with Gasteiger partial charge in [0.15, 0.2) is 5.82 Å². The molecule has 1 aromatic carbocycles. The summed E-state index contributed by atoms with van der Waals surface area (Å²) in [6.45, 7) is 7.49. The second-order valence-corrected chi connectivity index (χ2v) is 6.85. The third-order valence-corrected chi connectivity index (χ3v) is 3.85. The molecular weight excluding hydrogens is 327 g/mol. The van der Waals surface area contributed by atoms with E-state index in [4.69, 9.17) is 4.74 Å². The second kappa shape index (κ2) is 6.70. The number of amides is 1. The van der Waals surface area contributed by atoms with Crippen LogP contribution in [0.25, 0.3) is 11.4 Å². The number of nitrogens with zero attached hydrogens (tertiary/aromatic N) is 4. The molecule has 1 aliphatic heterocycles. The van der Waals surface area contributed by atoms with Crippen LogP contribution in [-0.4, -0.2) is 52.9 Å². The number of aromatic nitrogens is 2. The molecule has 1 aromatic heterocycles. The summed E-state index contributed by atoms with van der Waals surface area (Å²) < 4.78 is 24.9. The molecule has 0 aliphatic carbocycles. The molecule has 0 spiro atoms. The number of rotatable bonds is 2. The highest BCUT2D eigenvalue weighted by atomic mass is 19.1. The first kappa shape index (κ1) is 17.2. The van der Waals surface area contributed by atoms with Gasteiger partial charge >= 0.3 is 6.09 Å². The number of piperazine rings is 1. The molecule has 0 unspecified atom stereocenters. The van der Waals surface area contributed by atoms with Gasteiger partial charge in [0.05, 0.1) is 11.3 Å². The fourth-order valence-electron chi connectivity index (χ4n) is 2.68. The average molecular weight is 348 g/mol. The van der Waals surface area contributed by atoms with Gasteiger partial charge in [-0.1, -0.05) is 11.2 Å². The Bertz CT molecular complexity index is 735. The minimum Gasteiger partial charge on any atom is -0.444 e. The molecule has 8 heteroatoms. The summed E-state index contributed by atoms with van der Waals surface area (Å²) in [6.07, 6.45) is 0.828. The minimum atomic E-state index is -0.529. The largest absolute Gasteiger partial charge is 0.444 e. The van der Waals surface area contributed by atoms with Gasteiger partial charge in [-0.05, 0) is 32.9 Å². The molecular formula is C17H21FN4O3. The lowest BCUT2D eigenvalue weighted by atomic mass is 10.1. The van der Waals surface area contributed by atoms with E-state index in [1.165, 1.54) is 6.39 Å². The van der Waals surface area contributed by atoms with E-state index in [2.05, 4.69) is 14.7 Å². The van der Waals surface area contributed by atoms with E-state index in [1.54, 1.807) is 23.1 Å². The van der Waals surface area contributed by atoms with Crippen LogP contribution < -0.4 is 4.90 Å². The Balaban J connectivity index is 1.70. The number of benzene rings is 1. The molecule has 0 bridgehead atoms. The third-order valence-electron chi connectivity index (χ3n) is 3.85. The minimum absolute atomic E-state index is 0.215. The van der Waals surface area contributed by atoms with Crippen molar-refractivity contribution in [1.29, 1.82) is 0 Å². The normalized spacial score (nSPS) is 15.4. The van der Waals surface area contributed by atoms with Crippen molar-refractivity contribution < 1.29 is 18.4 Å². The van der Waals surface area contributed by atoms with Crippen LogP contribution in [0.5, 0.6) is 0 Å². The molecule has 1 saturated heterocycles. The summed E-state index contributed by atoms with van der Waals surface area (Å²) >= 11 is 0. The molecule has 0 radical (unpaired) electrons. The van der Waals surface area contributed by atoms with Crippen molar-refractivity contribution in [2.75, 3.05) is 31.1 Å². The van der Waals surface area contributed by atoms with E-state index in [9.17, 15) is 9.18 Å². The molecule has 0 saturated carbocycles. The van der Waals surface area contributed by atoms with Crippen molar-refractivity contribution in [2.45, 2.75) is 26.4 Å². The molecule has 1 amide bonds. The monoisotopic (exact) mass is 348 g/mol. The molecule has 1 fully saturated rings. The Morgan fingerprint density at radius 1 is 1.24 bits per heavy atom. The molecule has 1 aliphatic rings. The van der Waals surface area contributed by atoms with Gasteiger partial charge in [-0.3, -0.25) is 0 Å². The maximum Gasteiger partial charge on any atom is 0.410 e. The molecule has 7 nitrogen and oxygen atoms in total. The predicted octanol–water partition coefficient (Wildman–Crippen LogP) is 2.93. The smallest absolute Gasteiger partial charge is 0.410 e. The zero-order chi connectivity index (χ0) is 18.0. The van der Waals surface area contributed by atoms with Crippen LogP contribution in [-0.2, 0) is 4.74 Å². The quantitative estimate of drug-likeness (QED) is 0.831. The summed E-state index contributed by atoms with van der Waals surface area (Å²) in [6, 6.07) is 5.08. The van der Waals surface area contributed by atoms with Crippen molar-refractivity contribution >= 4 is 11.8 Å². The summed E-state index contributed by atoms with van der Waals surface area (Å²) in [5, 5.41) is 3.69. The van der Waals surface area contributed by atoms with Crippen molar-refractivity contribution in [1.82, 2.24) is 15.0 Å². The Labute approximate surface area is 145 Å². The number of halogens is 1. The lowest BCUT2D eigenvalue weighted by Crippen LogP contribution is -2.50. The van der Waals surface area contributed by atoms with Gasteiger partial charge in [-0.15, -0.1) is 0 Å². The van der Waals surface area contributed by atoms with Crippen molar-refractivity contribution in [3.05, 3.63) is 30.4 Å². The van der Waals surface area contributed by atoms with E-state index >= 15 is 0 Å². The van der Waals surface area contributed by atoms with Gasteiger partial charge in [0.2, 0.25) is 12.2 Å². The SMILES string of the molecule is CC(C)(C)OC(=O)N1CCN(c2cccc(-c3ncon3)c2F)CC1. The highest BCUT2D eigenvalue weighted by Crippen LogP contribution is 2.28. The lowest BCUT2D eigenvalue weighted by molar-refractivity contribution is 0.0240. The van der Waals surface area contributed by atoms with Crippen LogP contribution in [0, 0.1) is 5.82 Å². The van der Waals surface area contributed by atoms with Crippen LogP contribution in [0.3, 0.4) is 0 Å². The Kier molecular flexibility index (Phi) is 4.61. The van der Waals surface area contributed by atoms with Gasteiger partial charge in [-0.25, -0.2) is 9.18 Å². The summed E-state index contributed by atoms with van der Waals surface area (Å²) in [5.74, 6) is -0.179. The Morgan fingerprint density at radius 3 is 2.56 bits per heavy atom. The zero-order valence-corrected chi connectivity index (χ0v) is 14.5. The zero-order valence-electron chi connectivity index (χ0n) is 14.5. The number of carbonyl (C=O) groups is 1. The number of carbonyl (C=O) groups excluding carboxylic acids is 1. The van der Waals surface area contributed by atoms with E-state index in [0.29, 0.717) is 37.4 Å². The van der Waals surface area contributed by atoms with E-state index in [0.717, 1.165) is 0 Å². The van der Waals surface area contributed by atoms with Crippen molar-refractivity contribution in [2.24, 2.45) is 0 Å². The van der Waals surface area contributed by atoms with E-state index in [-0.39, 0.29) is 11.9 Å². The van der Waals surface area contributed by atoms with Crippen LogP contribution in [0.15, 0.2) is 29.1 Å². The van der Waals surface area contributed by atoms with Crippen LogP contribution in [0.2, 0.25) is 0 Å². The van der Waals surface area contributed by atoms with Crippen LogP contribution >= 0.6 is 0 Å². The van der Waals surface area contributed by atoms with Gasteiger partial charge in [0.1, 0.15) is 5.60 Å². The van der Waals surface area contributed by atoms with E-state index < -0.39 is 11.4 Å². The van der Waals surface area contributed by atoms with Crippen LogP contribution in [0.1, 0.15) is 20.8 Å². The summed E-state index contributed by atoms with van der Waals surface area (Å²) in [5.41, 5.74) is 0.228. The fourth-order valence-corrected chi connectivity index (χ4v) is 2.68. The number of ether oxygens (including phenoxy) is 1. The lowest BCUT2D eigenvalue weighted by Gasteiger charge is -2.37. The van der Waals surface area contributed by atoms with Crippen molar-refractivity contribution in [3.63, 3.8) is 0 Å². The van der Waals surface area contributed by atoms with E-state index in [1.807, 2.05) is 25.7 Å². The molecule has 0 N–H and O–H groups in total. The second-order valence-electron chi connectivity index (χ2n) is 6.85. The topological polar surface area (TPSA) is 71.7 Å². The third kappa shape index (κ3) is 3.89. The maximum atomic E-state index is 14.8. The molecule has 2 heterocycles. The highest BCUT2D eigenvalue weighted by molar-refractivity contribution is 5.69. The summed E-state index contributed by atoms with van der Waals surface area (Å²) in [4.78, 5) is 19.6. The Morgan fingerprint density at radius 2 is 1.96 bits per heavy atom. The highest BCUT2D eigenvalue weighted by Gasteiger charge is 2.27. The fraction of sp³-hybridized carbons (Fsp3) is 0.471. The van der Waals surface area contributed by atoms with Gasteiger partial charge in [0, 0.05) is 26.2 Å². The molecule has 3 rings (SSSR count). The molecule has 134 valence electrons. The molecule has 0 atom stereocenters. The predicted molar refractivity (Wildman–Crippen MR) is 89.7 cm³/mol. The molecule has 25 heavy (non-hydrogen) atoms. The standard InChI is InChI=1S/C17H21FN4O3/c1-17(2,3)25-16(23)22-9-7-21(8-10-22)13-6-4-5-12(14(13)18)15-19-11-24-20-15/h4-6,11H,7-10H2,1-3H3. The number of hydrogen-bond donors (Lipinski definition) is 0. The summed E-state index contributed by atoms with van der Waals surface area (Å²) in [7, 11) is 0. The van der Waals surface area contributed by atoms with Gasteiger partial charge in [0.25, 0.3) is 0 Å². The van der Waals surface area contributed by atoms with Crippen molar-refractivity contribution in [3.8, 4) is 11.4 Å². The van der Waals surface area contributed by atoms with Crippen LogP contribution in [0.4, 0.5) is 14.9 Å².